The van der Waals surface area contributed by atoms with Gasteiger partial charge in [0.15, 0.2) is 0 Å². The largest absolute Gasteiger partial charge is 0.394 e. The van der Waals surface area contributed by atoms with E-state index in [1.54, 1.807) is 7.11 Å². The lowest BCUT2D eigenvalue weighted by molar-refractivity contribution is 0.0435. The number of hydrogen-bond donors (Lipinski definition) is 1. The molecule has 1 aromatic carbocycles. The normalized spacial score (nSPS) is 12.8. The van der Waals surface area contributed by atoms with E-state index in [2.05, 4.69) is 0 Å². The summed E-state index contributed by atoms with van der Waals surface area (Å²) in [5.41, 5.74) is 1.21. The molecule has 1 N–H and O–H groups in total. The number of aliphatic hydroxyl groups is 1. The van der Waals surface area contributed by atoms with E-state index >= 15 is 0 Å². The van der Waals surface area contributed by atoms with Gasteiger partial charge in [0.1, 0.15) is 0 Å². The van der Waals surface area contributed by atoms with Gasteiger partial charge in [-0.3, -0.25) is 0 Å². The van der Waals surface area contributed by atoms with Crippen LogP contribution in [0.3, 0.4) is 0 Å². The minimum atomic E-state index is -0.0642. The highest BCUT2D eigenvalue weighted by molar-refractivity contribution is 6.30. The summed E-state index contributed by atoms with van der Waals surface area (Å²) in [6, 6.07) is 7.73. The SMILES string of the molecule is COC(CO)CCc1ccc(Cl)cc1. The minimum absolute atomic E-state index is 0.0642. The van der Waals surface area contributed by atoms with Gasteiger partial charge in [0, 0.05) is 12.1 Å². The second-order valence-electron chi connectivity index (χ2n) is 3.21. The van der Waals surface area contributed by atoms with Crippen molar-refractivity contribution in [1.29, 1.82) is 0 Å². The van der Waals surface area contributed by atoms with E-state index in [-0.39, 0.29) is 12.7 Å². The molecule has 0 aromatic heterocycles. The van der Waals surface area contributed by atoms with Gasteiger partial charge in [-0.15, -0.1) is 0 Å². The molecule has 1 rings (SSSR count). The Labute approximate surface area is 89.5 Å². The van der Waals surface area contributed by atoms with Crippen molar-refractivity contribution >= 4 is 11.6 Å². The number of ether oxygens (including phenoxy) is 1. The summed E-state index contributed by atoms with van der Waals surface area (Å²) in [6.07, 6.45) is 1.66. The monoisotopic (exact) mass is 214 g/mol. The predicted molar refractivity (Wildman–Crippen MR) is 57.7 cm³/mol. The lowest BCUT2D eigenvalue weighted by Gasteiger charge is -2.11. The topological polar surface area (TPSA) is 29.5 Å². The molecule has 0 saturated heterocycles. The summed E-state index contributed by atoms with van der Waals surface area (Å²) >= 11 is 5.76. The van der Waals surface area contributed by atoms with Crippen molar-refractivity contribution in [1.82, 2.24) is 0 Å². The summed E-state index contributed by atoms with van der Waals surface area (Å²) in [6.45, 7) is 0.0735. The van der Waals surface area contributed by atoms with Crippen LogP contribution >= 0.6 is 11.6 Å². The van der Waals surface area contributed by atoms with Crippen molar-refractivity contribution in [2.24, 2.45) is 0 Å². The molecular weight excluding hydrogens is 200 g/mol. The first-order chi connectivity index (χ1) is 6.76. The van der Waals surface area contributed by atoms with Crippen molar-refractivity contribution in [3.05, 3.63) is 34.9 Å². The molecule has 0 fully saturated rings. The zero-order valence-corrected chi connectivity index (χ0v) is 9.00. The maximum Gasteiger partial charge on any atom is 0.0805 e. The highest BCUT2D eigenvalue weighted by atomic mass is 35.5. The third-order valence-corrected chi connectivity index (χ3v) is 2.46. The van der Waals surface area contributed by atoms with Gasteiger partial charge < -0.3 is 9.84 Å². The Balaban J connectivity index is 2.41. The molecule has 2 nitrogen and oxygen atoms in total. The fraction of sp³-hybridized carbons (Fsp3) is 0.455. The van der Waals surface area contributed by atoms with Crippen LogP contribution in [0.2, 0.25) is 5.02 Å². The summed E-state index contributed by atoms with van der Waals surface area (Å²) < 4.78 is 5.07. The molecule has 0 heterocycles. The van der Waals surface area contributed by atoms with Crippen molar-refractivity contribution in [3.63, 3.8) is 0 Å². The number of hydrogen-bond acceptors (Lipinski definition) is 2. The Bertz CT molecular complexity index is 254. The van der Waals surface area contributed by atoms with Crippen molar-refractivity contribution < 1.29 is 9.84 Å². The lowest BCUT2D eigenvalue weighted by Crippen LogP contribution is -2.16. The van der Waals surface area contributed by atoms with E-state index in [1.165, 1.54) is 5.56 Å². The first-order valence-corrected chi connectivity index (χ1v) is 5.02. The molecule has 1 aromatic rings. The Hall–Kier alpha value is -0.570. The molecule has 0 saturated carbocycles. The van der Waals surface area contributed by atoms with Crippen LogP contribution in [0.25, 0.3) is 0 Å². The molecule has 3 heteroatoms. The standard InChI is InChI=1S/C11H15ClO2/c1-14-11(8-13)7-4-9-2-5-10(12)6-3-9/h2-3,5-6,11,13H,4,7-8H2,1H3. The van der Waals surface area contributed by atoms with E-state index in [0.29, 0.717) is 0 Å². The summed E-state index contributed by atoms with van der Waals surface area (Å²) in [5, 5.41) is 9.65. The molecule has 1 unspecified atom stereocenters. The Kier molecular flexibility index (Phi) is 4.94. The van der Waals surface area contributed by atoms with Gasteiger partial charge in [-0.1, -0.05) is 23.7 Å². The molecule has 14 heavy (non-hydrogen) atoms. The first kappa shape index (κ1) is 11.5. The average Bonchev–Trinajstić information content (AvgIpc) is 2.22. The molecule has 0 spiro atoms. The second kappa shape index (κ2) is 6.02. The molecule has 0 radical (unpaired) electrons. The van der Waals surface area contributed by atoms with Gasteiger partial charge in [-0.25, -0.2) is 0 Å². The van der Waals surface area contributed by atoms with Crippen LogP contribution in [0, 0.1) is 0 Å². The van der Waals surface area contributed by atoms with E-state index in [1.807, 2.05) is 24.3 Å². The van der Waals surface area contributed by atoms with Crippen LogP contribution in [-0.2, 0) is 11.2 Å². The van der Waals surface area contributed by atoms with Gasteiger partial charge in [-0.05, 0) is 30.5 Å². The zero-order chi connectivity index (χ0) is 10.4. The summed E-state index contributed by atoms with van der Waals surface area (Å²) in [7, 11) is 1.61. The third kappa shape index (κ3) is 3.66. The smallest absolute Gasteiger partial charge is 0.0805 e. The Morgan fingerprint density at radius 1 is 1.36 bits per heavy atom. The first-order valence-electron chi connectivity index (χ1n) is 4.64. The van der Waals surface area contributed by atoms with Gasteiger partial charge in [0.25, 0.3) is 0 Å². The Morgan fingerprint density at radius 3 is 2.50 bits per heavy atom. The molecule has 0 aliphatic rings. The maximum atomic E-state index is 8.90. The zero-order valence-electron chi connectivity index (χ0n) is 8.24. The van der Waals surface area contributed by atoms with Crippen LogP contribution in [-0.4, -0.2) is 24.9 Å². The third-order valence-electron chi connectivity index (χ3n) is 2.21. The number of methoxy groups -OCH3 is 1. The van der Waals surface area contributed by atoms with Gasteiger partial charge in [-0.2, -0.15) is 0 Å². The van der Waals surface area contributed by atoms with E-state index in [0.717, 1.165) is 17.9 Å². The van der Waals surface area contributed by atoms with Crippen LogP contribution in [0.15, 0.2) is 24.3 Å². The maximum absolute atomic E-state index is 8.90. The van der Waals surface area contributed by atoms with Crippen LogP contribution in [0.4, 0.5) is 0 Å². The van der Waals surface area contributed by atoms with E-state index in [9.17, 15) is 0 Å². The predicted octanol–water partition coefficient (Wildman–Crippen LogP) is 2.28. The van der Waals surface area contributed by atoms with Crippen LogP contribution < -0.4 is 0 Å². The Morgan fingerprint density at radius 2 is 2.00 bits per heavy atom. The molecule has 0 amide bonds. The molecule has 1 atom stereocenters. The van der Waals surface area contributed by atoms with E-state index in [4.69, 9.17) is 21.4 Å². The molecular formula is C11H15ClO2. The number of aliphatic hydroxyl groups excluding tert-OH is 1. The second-order valence-corrected chi connectivity index (χ2v) is 3.64. The van der Waals surface area contributed by atoms with Crippen LogP contribution in [0.5, 0.6) is 0 Å². The fourth-order valence-corrected chi connectivity index (χ4v) is 1.39. The van der Waals surface area contributed by atoms with Crippen molar-refractivity contribution in [3.8, 4) is 0 Å². The lowest BCUT2D eigenvalue weighted by atomic mass is 10.1. The molecule has 78 valence electrons. The fourth-order valence-electron chi connectivity index (χ4n) is 1.26. The molecule has 0 bridgehead atoms. The van der Waals surface area contributed by atoms with Crippen molar-refractivity contribution in [2.45, 2.75) is 18.9 Å². The number of aryl methyl sites for hydroxylation is 1. The number of benzene rings is 1. The highest BCUT2D eigenvalue weighted by Crippen LogP contribution is 2.12. The van der Waals surface area contributed by atoms with Crippen LogP contribution in [0.1, 0.15) is 12.0 Å². The van der Waals surface area contributed by atoms with Gasteiger partial charge in [0.2, 0.25) is 0 Å². The molecule has 0 aliphatic carbocycles. The summed E-state index contributed by atoms with van der Waals surface area (Å²) in [5.74, 6) is 0. The van der Waals surface area contributed by atoms with Crippen molar-refractivity contribution in [2.75, 3.05) is 13.7 Å². The number of halogens is 1. The van der Waals surface area contributed by atoms with Gasteiger partial charge in [0.05, 0.1) is 12.7 Å². The quantitative estimate of drug-likeness (QED) is 0.815. The van der Waals surface area contributed by atoms with E-state index < -0.39 is 0 Å². The highest BCUT2D eigenvalue weighted by Gasteiger charge is 2.05. The van der Waals surface area contributed by atoms with Gasteiger partial charge >= 0.3 is 0 Å². The summed E-state index contributed by atoms with van der Waals surface area (Å²) in [4.78, 5) is 0. The minimum Gasteiger partial charge on any atom is -0.394 e. The number of rotatable bonds is 5. The molecule has 0 aliphatic heterocycles. The average molecular weight is 215 g/mol.